The van der Waals surface area contributed by atoms with Gasteiger partial charge in [0.1, 0.15) is 6.04 Å². The highest BCUT2D eigenvalue weighted by Gasteiger charge is 2.45. The van der Waals surface area contributed by atoms with Gasteiger partial charge in [-0.25, -0.2) is 0 Å². The Morgan fingerprint density at radius 3 is 2.42 bits per heavy atom. The number of likely N-dealkylation sites (tertiary alicyclic amines) is 1. The number of fused-ring (bicyclic) bond motifs is 1. The summed E-state index contributed by atoms with van der Waals surface area (Å²) in [7, 11) is 0. The molecular weight excluding hydrogens is 472 g/mol. The lowest BCUT2D eigenvalue weighted by atomic mass is 10.0. The molecule has 1 aromatic heterocycles. The second kappa shape index (κ2) is 10.6. The number of piperidine rings is 1. The summed E-state index contributed by atoms with van der Waals surface area (Å²) in [5, 5.41) is 3.10. The van der Waals surface area contributed by atoms with Gasteiger partial charge in [0.05, 0.1) is 0 Å². The average Bonchev–Trinajstić information content (AvgIpc) is 3.14. The fourth-order valence-electron chi connectivity index (χ4n) is 4.80. The molecule has 8 heteroatoms. The minimum absolute atomic E-state index is 0.0726. The van der Waals surface area contributed by atoms with Crippen molar-refractivity contribution in [3.05, 3.63) is 65.0 Å². The molecule has 0 spiro atoms. The molecule has 4 rings (SSSR count). The van der Waals surface area contributed by atoms with E-state index >= 15 is 0 Å². The van der Waals surface area contributed by atoms with Crippen LogP contribution >= 0.6 is 11.8 Å². The number of rotatable bonds is 5. The molecule has 3 amide bonds. The summed E-state index contributed by atoms with van der Waals surface area (Å²) in [5.41, 5.74) is 3.26. The van der Waals surface area contributed by atoms with Crippen LogP contribution < -0.4 is 5.32 Å². The molecule has 1 saturated heterocycles. The van der Waals surface area contributed by atoms with Crippen molar-refractivity contribution in [1.82, 2.24) is 20.1 Å². The highest BCUT2D eigenvalue weighted by atomic mass is 32.2. The second-order valence-corrected chi connectivity index (χ2v) is 12.6. The van der Waals surface area contributed by atoms with E-state index in [2.05, 4.69) is 24.1 Å². The Bertz CT molecular complexity index is 1120. The Balaban J connectivity index is 1.47. The summed E-state index contributed by atoms with van der Waals surface area (Å²) < 4.78 is -0.145. The maximum Gasteiger partial charge on any atom is 0.282 e. The monoisotopic (exact) mass is 508 g/mol. The average molecular weight is 509 g/mol. The molecule has 0 radical (unpaired) electrons. The van der Waals surface area contributed by atoms with Gasteiger partial charge in [0.2, 0.25) is 5.91 Å². The normalized spacial score (nSPS) is 18.5. The minimum Gasteiger partial charge on any atom is -0.350 e. The molecule has 2 aromatic rings. The number of pyridine rings is 1. The van der Waals surface area contributed by atoms with Crippen molar-refractivity contribution in [2.75, 3.05) is 13.1 Å². The smallest absolute Gasteiger partial charge is 0.282 e. The lowest BCUT2D eigenvalue weighted by molar-refractivity contribution is -0.126. The Morgan fingerprint density at radius 1 is 1.11 bits per heavy atom. The third-order valence-corrected chi connectivity index (χ3v) is 7.71. The zero-order valence-corrected chi connectivity index (χ0v) is 22.6. The largest absolute Gasteiger partial charge is 0.350 e. The van der Waals surface area contributed by atoms with Crippen molar-refractivity contribution in [3.63, 3.8) is 0 Å². The standard InChI is InChI=1S/C28H36N4O3S/c1-18(2)23-11-10-19(16-29-23)17-30-25(33)24-21-8-6-7-9-22(21)26(34)32(24)20-12-14-31(15-13-20)27(35)36-28(3,4)5/h6-11,16,18,20,24H,12-15,17H2,1-5H3,(H,30,33). The second-order valence-electron chi connectivity index (χ2n) is 10.9. The van der Waals surface area contributed by atoms with Crippen LogP contribution in [0.15, 0.2) is 42.6 Å². The molecule has 0 aliphatic carbocycles. The molecule has 2 aliphatic rings. The quantitative estimate of drug-likeness (QED) is 0.605. The van der Waals surface area contributed by atoms with Crippen LogP contribution in [0, 0.1) is 0 Å². The van der Waals surface area contributed by atoms with E-state index in [1.807, 2.05) is 56.0 Å². The first-order valence-electron chi connectivity index (χ1n) is 12.7. The molecule has 1 atom stereocenters. The van der Waals surface area contributed by atoms with Gasteiger partial charge < -0.3 is 15.1 Å². The Hall–Kier alpha value is -2.87. The third-order valence-electron chi connectivity index (χ3n) is 6.66. The van der Waals surface area contributed by atoms with Crippen LogP contribution in [-0.2, 0) is 11.3 Å². The molecule has 1 N–H and O–H groups in total. The van der Waals surface area contributed by atoms with Crippen molar-refractivity contribution in [2.24, 2.45) is 0 Å². The topological polar surface area (TPSA) is 82.6 Å². The number of benzene rings is 1. The van der Waals surface area contributed by atoms with E-state index in [4.69, 9.17) is 0 Å². The van der Waals surface area contributed by atoms with Crippen molar-refractivity contribution in [2.45, 2.75) is 76.8 Å². The first-order valence-corrected chi connectivity index (χ1v) is 13.5. The molecule has 36 heavy (non-hydrogen) atoms. The van der Waals surface area contributed by atoms with Gasteiger partial charge >= 0.3 is 0 Å². The lowest BCUT2D eigenvalue weighted by Crippen LogP contribution is -2.50. The summed E-state index contributed by atoms with van der Waals surface area (Å²) in [5.74, 6) is 0.0440. The zero-order chi connectivity index (χ0) is 26.0. The first kappa shape index (κ1) is 26.2. The number of aromatic nitrogens is 1. The number of hydrogen-bond donors (Lipinski definition) is 1. The van der Waals surface area contributed by atoms with Crippen molar-refractivity contribution in [1.29, 1.82) is 0 Å². The Labute approximate surface area is 218 Å². The van der Waals surface area contributed by atoms with Crippen LogP contribution in [0.25, 0.3) is 0 Å². The van der Waals surface area contributed by atoms with Crippen molar-refractivity contribution in [3.8, 4) is 0 Å². The van der Waals surface area contributed by atoms with E-state index in [1.54, 1.807) is 17.2 Å². The number of nitrogens with zero attached hydrogens (tertiary/aromatic N) is 3. The minimum atomic E-state index is -0.673. The predicted molar refractivity (Wildman–Crippen MR) is 143 cm³/mol. The van der Waals surface area contributed by atoms with E-state index < -0.39 is 6.04 Å². The molecule has 7 nitrogen and oxygen atoms in total. The van der Waals surface area contributed by atoms with Gasteiger partial charge in [0.15, 0.2) is 0 Å². The summed E-state index contributed by atoms with van der Waals surface area (Å²) >= 11 is 1.34. The van der Waals surface area contributed by atoms with Gasteiger partial charge in [-0.2, -0.15) is 0 Å². The third kappa shape index (κ3) is 5.75. The predicted octanol–water partition coefficient (Wildman–Crippen LogP) is 5.13. The van der Waals surface area contributed by atoms with E-state index in [9.17, 15) is 14.4 Å². The highest BCUT2D eigenvalue weighted by Crippen LogP contribution is 2.38. The fourth-order valence-corrected chi connectivity index (χ4v) is 5.64. The van der Waals surface area contributed by atoms with Crippen LogP contribution in [-0.4, -0.2) is 55.7 Å². The van der Waals surface area contributed by atoms with E-state index in [0.29, 0.717) is 44.0 Å². The molecular formula is C28H36N4O3S. The first-order chi connectivity index (χ1) is 17.0. The van der Waals surface area contributed by atoms with E-state index in [0.717, 1.165) is 16.8 Å². The van der Waals surface area contributed by atoms with Crippen LogP contribution in [0.5, 0.6) is 0 Å². The van der Waals surface area contributed by atoms with Crippen LogP contribution in [0.4, 0.5) is 4.79 Å². The van der Waals surface area contributed by atoms with Gasteiger partial charge in [-0.15, -0.1) is 0 Å². The molecule has 1 aromatic carbocycles. The number of nitrogens with one attached hydrogen (secondary N) is 1. The van der Waals surface area contributed by atoms with E-state index in [1.165, 1.54) is 11.8 Å². The number of amides is 3. The van der Waals surface area contributed by atoms with Crippen LogP contribution in [0.3, 0.4) is 0 Å². The fraction of sp³-hybridized carbons (Fsp3) is 0.500. The van der Waals surface area contributed by atoms with Crippen LogP contribution in [0.1, 0.15) is 86.6 Å². The SMILES string of the molecule is CC(C)c1ccc(CNC(=O)C2c3ccccc3C(=O)N2C2CCN(C(=O)SC(C)(C)C)CC2)cn1. The summed E-state index contributed by atoms with van der Waals surface area (Å²) in [6, 6.07) is 10.6. The maximum absolute atomic E-state index is 13.5. The molecule has 3 heterocycles. The number of hydrogen-bond acceptors (Lipinski definition) is 5. The number of thioether (sulfide) groups is 1. The summed E-state index contributed by atoms with van der Waals surface area (Å²) in [6.45, 7) is 11.8. The summed E-state index contributed by atoms with van der Waals surface area (Å²) in [6.07, 6.45) is 3.10. The number of carbonyl (C=O) groups excluding carboxylic acids is 3. The molecule has 192 valence electrons. The van der Waals surface area contributed by atoms with Gasteiger partial charge in [-0.3, -0.25) is 19.4 Å². The summed E-state index contributed by atoms with van der Waals surface area (Å²) in [4.78, 5) is 47.7. The molecule has 1 fully saturated rings. The van der Waals surface area contributed by atoms with E-state index in [-0.39, 0.29) is 27.8 Å². The highest BCUT2D eigenvalue weighted by molar-refractivity contribution is 8.14. The van der Waals surface area contributed by atoms with Crippen molar-refractivity contribution >= 4 is 28.8 Å². The molecule has 0 bridgehead atoms. The van der Waals surface area contributed by atoms with Gasteiger partial charge in [-0.05, 0) is 42.0 Å². The maximum atomic E-state index is 13.5. The Kier molecular flexibility index (Phi) is 7.73. The van der Waals surface area contributed by atoms with Crippen molar-refractivity contribution < 1.29 is 14.4 Å². The molecule has 2 aliphatic heterocycles. The van der Waals surface area contributed by atoms with Gasteiger partial charge in [0.25, 0.3) is 11.1 Å². The molecule has 1 unspecified atom stereocenters. The number of carbonyl (C=O) groups is 3. The van der Waals surface area contributed by atoms with Crippen LogP contribution in [0.2, 0.25) is 0 Å². The zero-order valence-electron chi connectivity index (χ0n) is 21.8. The lowest BCUT2D eigenvalue weighted by Gasteiger charge is -2.39. The van der Waals surface area contributed by atoms with Gasteiger partial charge in [-0.1, -0.05) is 70.6 Å². The Morgan fingerprint density at radius 2 is 1.81 bits per heavy atom. The molecule has 0 saturated carbocycles. The van der Waals surface area contributed by atoms with Gasteiger partial charge in [0, 0.05) is 47.9 Å².